The smallest absolute Gasteiger partial charge is 0.128 e. The van der Waals surface area contributed by atoms with Crippen molar-refractivity contribution in [2.75, 3.05) is 13.1 Å². The molecular formula is C24H36FN2O+. The first-order valence-corrected chi connectivity index (χ1v) is 11.0. The number of hydrogen-bond donors (Lipinski definition) is 2. The van der Waals surface area contributed by atoms with Gasteiger partial charge < -0.3 is 14.6 Å². The molecule has 0 aliphatic heterocycles. The van der Waals surface area contributed by atoms with Crippen LogP contribution in [0.25, 0.3) is 0 Å². The molecule has 1 fully saturated rings. The SMILES string of the molecule is CCC[C@@H](O)C[NH+](Cc1cccn1Cc1ccccc1F)CC1CCCCC1. The van der Waals surface area contributed by atoms with Crippen LogP contribution in [0.5, 0.6) is 0 Å². The molecule has 1 aliphatic rings. The molecule has 0 saturated heterocycles. The zero-order valence-corrected chi connectivity index (χ0v) is 17.2. The van der Waals surface area contributed by atoms with E-state index in [9.17, 15) is 9.50 Å². The van der Waals surface area contributed by atoms with Crippen LogP contribution < -0.4 is 4.90 Å². The lowest BCUT2D eigenvalue weighted by Crippen LogP contribution is -3.12. The average Bonchev–Trinajstić information content (AvgIpc) is 3.11. The highest BCUT2D eigenvalue weighted by Crippen LogP contribution is 2.22. The van der Waals surface area contributed by atoms with Crippen molar-refractivity contribution in [2.24, 2.45) is 5.92 Å². The number of hydrogen-bond acceptors (Lipinski definition) is 1. The molecule has 1 aromatic heterocycles. The quantitative estimate of drug-likeness (QED) is 0.638. The van der Waals surface area contributed by atoms with Crippen LogP contribution in [0.2, 0.25) is 0 Å². The molecule has 2 atom stereocenters. The highest BCUT2D eigenvalue weighted by Gasteiger charge is 2.23. The van der Waals surface area contributed by atoms with Gasteiger partial charge in [-0.3, -0.25) is 0 Å². The summed E-state index contributed by atoms with van der Waals surface area (Å²) in [5.74, 6) is 0.625. The maximum absolute atomic E-state index is 14.1. The highest BCUT2D eigenvalue weighted by atomic mass is 19.1. The van der Waals surface area contributed by atoms with Crippen molar-refractivity contribution in [1.29, 1.82) is 0 Å². The van der Waals surface area contributed by atoms with Gasteiger partial charge in [-0.2, -0.15) is 0 Å². The maximum Gasteiger partial charge on any atom is 0.128 e. The van der Waals surface area contributed by atoms with E-state index in [2.05, 4.69) is 23.6 Å². The zero-order valence-electron chi connectivity index (χ0n) is 17.2. The normalized spacial score (nSPS) is 17.5. The Balaban J connectivity index is 1.69. The van der Waals surface area contributed by atoms with E-state index in [0.717, 1.165) is 44.0 Å². The molecule has 3 nitrogen and oxygen atoms in total. The van der Waals surface area contributed by atoms with E-state index in [1.165, 1.54) is 48.8 Å². The topological polar surface area (TPSA) is 29.6 Å². The van der Waals surface area contributed by atoms with Crippen molar-refractivity contribution in [3.8, 4) is 0 Å². The van der Waals surface area contributed by atoms with E-state index in [0.29, 0.717) is 6.54 Å². The number of rotatable bonds is 10. The Kier molecular flexibility index (Phi) is 8.11. The van der Waals surface area contributed by atoms with E-state index in [4.69, 9.17) is 0 Å². The predicted octanol–water partition coefficient (Wildman–Crippen LogP) is 3.80. The van der Waals surface area contributed by atoms with Crippen LogP contribution in [0.4, 0.5) is 4.39 Å². The van der Waals surface area contributed by atoms with Gasteiger partial charge in [-0.25, -0.2) is 4.39 Å². The minimum Gasteiger partial charge on any atom is -0.387 e. The van der Waals surface area contributed by atoms with Crippen molar-refractivity contribution in [2.45, 2.75) is 71.1 Å². The van der Waals surface area contributed by atoms with E-state index in [1.54, 1.807) is 6.07 Å². The number of aliphatic hydroxyl groups is 1. The second-order valence-corrected chi connectivity index (χ2v) is 8.50. The Bertz CT molecular complexity index is 708. The first kappa shape index (κ1) is 21.1. The van der Waals surface area contributed by atoms with Crippen LogP contribution >= 0.6 is 0 Å². The minimum absolute atomic E-state index is 0.146. The number of nitrogens with zero attached hydrogens (tertiary/aromatic N) is 1. The summed E-state index contributed by atoms with van der Waals surface area (Å²) >= 11 is 0. The lowest BCUT2D eigenvalue weighted by atomic mass is 9.89. The summed E-state index contributed by atoms with van der Waals surface area (Å²) in [7, 11) is 0. The van der Waals surface area contributed by atoms with Gasteiger partial charge in [0.1, 0.15) is 25.0 Å². The third-order valence-electron chi connectivity index (χ3n) is 6.10. The van der Waals surface area contributed by atoms with Gasteiger partial charge >= 0.3 is 0 Å². The Morgan fingerprint density at radius 2 is 1.93 bits per heavy atom. The zero-order chi connectivity index (χ0) is 19.8. The first-order valence-electron chi connectivity index (χ1n) is 11.0. The molecule has 0 radical (unpaired) electrons. The molecule has 2 N–H and O–H groups in total. The molecule has 1 aliphatic carbocycles. The maximum atomic E-state index is 14.1. The molecule has 4 heteroatoms. The summed E-state index contributed by atoms with van der Waals surface area (Å²) < 4.78 is 16.2. The number of quaternary nitrogens is 1. The van der Waals surface area contributed by atoms with Crippen LogP contribution in [0, 0.1) is 11.7 Å². The van der Waals surface area contributed by atoms with Gasteiger partial charge in [-0.05, 0) is 37.5 Å². The predicted molar refractivity (Wildman–Crippen MR) is 112 cm³/mol. The lowest BCUT2D eigenvalue weighted by Gasteiger charge is -2.29. The van der Waals surface area contributed by atoms with Crippen LogP contribution in [-0.2, 0) is 13.1 Å². The first-order chi connectivity index (χ1) is 13.7. The molecule has 28 heavy (non-hydrogen) atoms. The third-order valence-corrected chi connectivity index (χ3v) is 6.10. The summed E-state index contributed by atoms with van der Waals surface area (Å²) in [4.78, 5) is 1.46. The Morgan fingerprint density at radius 1 is 1.14 bits per heavy atom. The monoisotopic (exact) mass is 387 g/mol. The summed E-state index contributed by atoms with van der Waals surface area (Å²) in [5.41, 5.74) is 1.94. The standard InChI is InChI=1S/C24H35FN2O/c1-2-9-23(28)19-26(16-20-10-4-3-5-11-20)18-22-13-8-15-27(22)17-21-12-6-7-14-24(21)25/h6-8,12-15,20,23,28H,2-5,9-11,16-19H2,1H3/p+1/t23-/m1/s1. The van der Waals surface area contributed by atoms with Crippen LogP contribution in [0.15, 0.2) is 42.6 Å². The van der Waals surface area contributed by atoms with Gasteiger partial charge in [0, 0.05) is 17.7 Å². The summed E-state index contributed by atoms with van der Waals surface area (Å²) in [5, 5.41) is 10.4. The fourth-order valence-electron chi connectivity index (χ4n) is 4.63. The second-order valence-electron chi connectivity index (χ2n) is 8.50. The van der Waals surface area contributed by atoms with Crippen molar-refractivity contribution >= 4 is 0 Å². The number of aromatic nitrogens is 1. The number of halogens is 1. The molecule has 1 saturated carbocycles. The summed E-state index contributed by atoms with van der Waals surface area (Å²) in [6.45, 7) is 5.51. The van der Waals surface area contributed by atoms with Gasteiger partial charge in [0.05, 0.1) is 18.8 Å². The molecule has 1 heterocycles. The van der Waals surface area contributed by atoms with E-state index >= 15 is 0 Å². The van der Waals surface area contributed by atoms with Gasteiger partial charge in [0.15, 0.2) is 0 Å². The molecule has 1 unspecified atom stereocenters. The van der Waals surface area contributed by atoms with Crippen LogP contribution in [0.1, 0.15) is 63.1 Å². The molecule has 1 aromatic carbocycles. The molecular weight excluding hydrogens is 351 g/mol. The van der Waals surface area contributed by atoms with Crippen LogP contribution in [-0.4, -0.2) is 28.9 Å². The van der Waals surface area contributed by atoms with Crippen molar-refractivity contribution < 1.29 is 14.4 Å². The van der Waals surface area contributed by atoms with E-state index < -0.39 is 0 Å². The Morgan fingerprint density at radius 3 is 2.68 bits per heavy atom. The van der Waals surface area contributed by atoms with Gasteiger partial charge in [0.2, 0.25) is 0 Å². The summed E-state index contributed by atoms with van der Waals surface area (Å²) in [6, 6.07) is 11.2. The van der Waals surface area contributed by atoms with Crippen molar-refractivity contribution in [1.82, 2.24) is 4.57 Å². The molecule has 2 aromatic rings. The van der Waals surface area contributed by atoms with Gasteiger partial charge in [0.25, 0.3) is 0 Å². The minimum atomic E-state index is -0.237. The highest BCUT2D eigenvalue weighted by molar-refractivity contribution is 5.19. The molecule has 3 rings (SSSR count). The number of benzene rings is 1. The van der Waals surface area contributed by atoms with Crippen LogP contribution in [0.3, 0.4) is 0 Å². The summed E-state index contributed by atoms with van der Waals surface area (Å²) in [6.07, 6.45) is 10.4. The largest absolute Gasteiger partial charge is 0.387 e. The van der Waals surface area contributed by atoms with Crippen molar-refractivity contribution in [3.05, 3.63) is 59.7 Å². The fraction of sp³-hybridized carbons (Fsp3) is 0.583. The van der Waals surface area contributed by atoms with Crippen molar-refractivity contribution in [3.63, 3.8) is 0 Å². The van der Waals surface area contributed by atoms with Gasteiger partial charge in [-0.1, -0.05) is 50.8 Å². The van der Waals surface area contributed by atoms with Gasteiger partial charge in [-0.15, -0.1) is 0 Å². The average molecular weight is 388 g/mol. The molecule has 0 bridgehead atoms. The lowest BCUT2D eigenvalue weighted by molar-refractivity contribution is -0.920. The fourth-order valence-corrected chi connectivity index (χ4v) is 4.63. The Hall–Kier alpha value is -1.65. The second kappa shape index (κ2) is 10.8. The Labute approximate surface area is 169 Å². The molecule has 154 valence electrons. The molecule has 0 amide bonds. The van der Waals surface area contributed by atoms with E-state index in [1.807, 2.05) is 18.3 Å². The third kappa shape index (κ3) is 6.18. The van der Waals surface area contributed by atoms with E-state index in [-0.39, 0.29) is 11.9 Å². The molecule has 0 spiro atoms. The number of nitrogens with one attached hydrogen (secondary N) is 1. The number of aliphatic hydroxyl groups excluding tert-OH is 1.